The number of likely N-dealkylation sites (N-methyl/N-ethyl adjacent to an activating group) is 1. The molecule has 1 aliphatic heterocycles. The monoisotopic (exact) mass is 541 g/mol. The highest BCUT2D eigenvalue weighted by Crippen LogP contribution is 2.35. The summed E-state index contributed by atoms with van der Waals surface area (Å²) in [6.45, 7) is 4.61. The molecule has 8 nitrogen and oxygen atoms in total. The maximum atomic E-state index is 12.9. The van der Waals surface area contributed by atoms with E-state index in [1.54, 1.807) is 56.4 Å². The second-order valence-corrected chi connectivity index (χ2v) is 9.34. The van der Waals surface area contributed by atoms with Crippen molar-refractivity contribution in [2.45, 2.75) is 20.5 Å². The van der Waals surface area contributed by atoms with Crippen molar-refractivity contribution in [1.82, 2.24) is 4.90 Å². The number of amides is 1. The Morgan fingerprint density at radius 2 is 1.79 bits per heavy atom. The van der Waals surface area contributed by atoms with E-state index in [1.165, 1.54) is 16.7 Å². The van der Waals surface area contributed by atoms with Gasteiger partial charge in [0.25, 0.3) is 5.91 Å². The Bertz CT molecular complexity index is 1470. The van der Waals surface area contributed by atoms with Crippen molar-refractivity contribution in [3.63, 3.8) is 0 Å². The number of hydrogen-bond acceptors (Lipinski definition) is 8. The Morgan fingerprint density at radius 3 is 2.51 bits per heavy atom. The lowest BCUT2D eigenvalue weighted by Crippen LogP contribution is -2.23. The van der Waals surface area contributed by atoms with Crippen LogP contribution >= 0.6 is 11.8 Å². The molecule has 4 rings (SSSR count). The average molecular weight is 542 g/mol. The first-order valence-corrected chi connectivity index (χ1v) is 13.2. The van der Waals surface area contributed by atoms with E-state index in [-0.39, 0.29) is 18.5 Å². The predicted octanol–water partition coefficient (Wildman–Crippen LogP) is 5.95. The van der Waals surface area contributed by atoms with Gasteiger partial charge in [0.1, 0.15) is 6.61 Å². The minimum absolute atomic E-state index is 0.173. The first-order chi connectivity index (χ1) is 18.9. The number of carbonyl (C=O) groups excluding carboxylic acids is 2. The van der Waals surface area contributed by atoms with Crippen LogP contribution in [0.25, 0.3) is 6.08 Å². The van der Waals surface area contributed by atoms with Crippen LogP contribution in [0.15, 0.2) is 76.6 Å². The van der Waals surface area contributed by atoms with Crippen LogP contribution in [-0.2, 0) is 16.1 Å². The Balaban J connectivity index is 1.51. The fourth-order valence-corrected chi connectivity index (χ4v) is 4.70. The number of carbonyl (C=O) groups is 2. The third-order valence-electron chi connectivity index (χ3n) is 5.69. The number of rotatable bonds is 9. The van der Waals surface area contributed by atoms with Gasteiger partial charge in [-0.25, -0.2) is 9.79 Å². The van der Waals surface area contributed by atoms with Crippen LogP contribution in [0.2, 0.25) is 0 Å². The molecule has 198 valence electrons. The van der Waals surface area contributed by atoms with E-state index in [2.05, 4.69) is 11.1 Å². The molecular formula is C30H27N3O5S. The molecule has 0 spiro atoms. The first kappa shape index (κ1) is 27.5. The summed E-state index contributed by atoms with van der Waals surface area (Å²) in [5, 5.41) is 9.85. The lowest BCUT2D eigenvalue weighted by Gasteiger charge is -2.13. The zero-order valence-corrected chi connectivity index (χ0v) is 22.7. The third kappa shape index (κ3) is 6.67. The van der Waals surface area contributed by atoms with E-state index in [9.17, 15) is 14.9 Å². The van der Waals surface area contributed by atoms with E-state index < -0.39 is 0 Å². The van der Waals surface area contributed by atoms with Crippen molar-refractivity contribution in [2.24, 2.45) is 4.99 Å². The van der Waals surface area contributed by atoms with Gasteiger partial charge in [0.05, 0.1) is 41.0 Å². The standard InChI is InChI=1S/C30H27N3O5S/c1-4-36-26-16-20(10-15-25(26)38-19-23-9-7-6-8-22(23)18-31)17-27-28(34)33(3)30(39-27)32-24-13-11-21(12-14-24)29(35)37-5-2/h6-17H,4-5,19H2,1-3H3. The predicted molar refractivity (Wildman–Crippen MR) is 151 cm³/mol. The largest absolute Gasteiger partial charge is 0.490 e. The van der Waals surface area contributed by atoms with Gasteiger partial charge in [0.2, 0.25) is 0 Å². The molecule has 0 atom stereocenters. The maximum Gasteiger partial charge on any atom is 0.338 e. The molecule has 9 heteroatoms. The summed E-state index contributed by atoms with van der Waals surface area (Å²) < 4.78 is 16.8. The van der Waals surface area contributed by atoms with Gasteiger partial charge < -0.3 is 14.2 Å². The Morgan fingerprint density at radius 1 is 1.03 bits per heavy atom. The van der Waals surface area contributed by atoms with Crippen molar-refractivity contribution in [1.29, 1.82) is 5.26 Å². The van der Waals surface area contributed by atoms with Crippen LogP contribution in [-0.4, -0.2) is 42.2 Å². The second kappa shape index (κ2) is 12.8. The molecule has 0 saturated carbocycles. The van der Waals surface area contributed by atoms with Gasteiger partial charge >= 0.3 is 5.97 Å². The number of hydrogen-bond donors (Lipinski definition) is 0. The summed E-state index contributed by atoms with van der Waals surface area (Å²) in [5.41, 5.74) is 3.17. The van der Waals surface area contributed by atoms with Crippen LogP contribution in [0.3, 0.4) is 0 Å². The van der Waals surface area contributed by atoms with E-state index in [0.29, 0.717) is 51.6 Å². The highest BCUT2D eigenvalue weighted by molar-refractivity contribution is 8.18. The SMILES string of the molecule is CCOC(=O)c1ccc(N=C2SC(=Cc3ccc(OCc4ccccc4C#N)c(OCC)c3)C(=O)N2C)cc1. The Hall–Kier alpha value is -4.55. The number of aliphatic imine (C=N–C) groups is 1. The van der Waals surface area contributed by atoms with Gasteiger partial charge in [-0.05, 0) is 79.7 Å². The molecule has 0 unspecified atom stereocenters. The quantitative estimate of drug-likeness (QED) is 0.244. The van der Waals surface area contributed by atoms with Crippen LogP contribution in [0.5, 0.6) is 11.5 Å². The summed E-state index contributed by atoms with van der Waals surface area (Å²) in [6.07, 6.45) is 1.78. The Labute approximate surface area is 231 Å². The molecule has 0 aliphatic carbocycles. The minimum atomic E-state index is -0.390. The topological polar surface area (TPSA) is 101 Å². The third-order valence-corrected chi connectivity index (χ3v) is 6.75. The van der Waals surface area contributed by atoms with Crippen LogP contribution < -0.4 is 9.47 Å². The van der Waals surface area contributed by atoms with Crippen molar-refractivity contribution < 1.29 is 23.8 Å². The van der Waals surface area contributed by atoms with E-state index >= 15 is 0 Å². The fraction of sp³-hybridized carbons (Fsp3) is 0.200. The van der Waals surface area contributed by atoms with E-state index in [0.717, 1.165) is 11.1 Å². The molecule has 39 heavy (non-hydrogen) atoms. The van der Waals surface area contributed by atoms with Gasteiger partial charge in [0, 0.05) is 12.6 Å². The molecule has 3 aromatic rings. The van der Waals surface area contributed by atoms with Crippen LogP contribution in [0, 0.1) is 11.3 Å². The molecule has 0 N–H and O–H groups in total. The van der Waals surface area contributed by atoms with Crippen molar-refractivity contribution in [3.8, 4) is 17.6 Å². The van der Waals surface area contributed by atoms with Gasteiger partial charge in [-0.15, -0.1) is 0 Å². The number of esters is 1. The smallest absolute Gasteiger partial charge is 0.338 e. The molecule has 0 aromatic heterocycles. The first-order valence-electron chi connectivity index (χ1n) is 12.3. The summed E-state index contributed by atoms with van der Waals surface area (Å²) in [4.78, 5) is 31.4. The molecular weight excluding hydrogens is 514 g/mol. The van der Waals surface area contributed by atoms with E-state index in [1.807, 2.05) is 37.3 Å². The highest BCUT2D eigenvalue weighted by Gasteiger charge is 2.30. The normalized spacial score (nSPS) is 14.9. The van der Waals surface area contributed by atoms with E-state index in [4.69, 9.17) is 14.2 Å². The molecule has 0 bridgehead atoms. The lowest BCUT2D eigenvalue weighted by atomic mass is 10.1. The summed E-state index contributed by atoms with van der Waals surface area (Å²) in [5.74, 6) is 0.524. The number of thioether (sulfide) groups is 1. The molecule has 0 radical (unpaired) electrons. The van der Waals surface area contributed by atoms with Gasteiger partial charge in [-0.3, -0.25) is 9.69 Å². The molecule has 1 heterocycles. The van der Waals surface area contributed by atoms with Crippen molar-refractivity contribution >= 4 is 40.6 Å². The number of nitriles is 1. The highest BCUT2D eigenvalue weighted by atomic mass is 32.2. The number of amidine groups is 1. The zero-order chi connectivity index (χ0) is 27.8. The summed E-state index contributed by atoms with van der Waals surface area (Å²) in [6, 6.07) is 21.6. The van der Waals surface area contributed by atoms with Crippen molar-refractivity contribution in [2.75, 3.05) is 20.3 Å². The van der Waals surface area contributed by atoms with Gasteiger partial charge in [0.15, 0.2) is 16.7 Å². The zero-order valence-electron chi connectivity index (χ0n) is 21.8. The molecule has 1 aliphatic rings. The Kier molecular flexibility index (Phi) is 9.02. The van der Waals surface area contributed by atoms with Crippen LogP contribution in [0.1, 0.15) is 40.9 Å². The molecule has 1 saturated heterocycles. The maximum absolute atomic E-state index is 12.9. The lowest BCUT2D eigenvalue weighted by molar-refractivity contribution is -0.121. The second-order valence-electron chi connectivity index (χ2n) is 8.33. The van der Waals surface area contributed by atoms with Gasteiger partial charge in [-0.2, -0.15) is 5.26 Å². The molecule has 1 amide bonds. The van der Waals surface area contributed by atoms with Gasteiger partial charge in [-0.1, -0.05) is 24.3 Å². The summed E-state index contributed by atoms with van der Waals surface area (Å²) >= 11 is 1.26. The fourth-order valence-electron chi connectivity index (χ4n) is 3.71. The molecule has 3 aromatic carbocycles. The van der Waals surface area contributed by atoms with Crippen LogP contribution in [0.4, 0.5) is 5.69 Å². The number of nitrogens with zero attached hydrogens (tertiary/aromatic N) is 3. The average Bonchev–Trinajstić information content (AvgIpc) is 3.21. The number of benzene rings is 3. The number of ether oxygens (including phenoxy) is 3. The summed E-state index contributed by atoms with van der Waals surface area (Å²) in [7, 11) is 1.67. The minimum Gasteiger partial charge on any atom is -0.490 e. The molecule has 1 fully saturated rings. The van der Waals surface area contributed by atoms with Crippen molar-refractivity contribution in [3.05, 3.63) is 93.9 Å².